The van der Waals surface area contributed by atoms with Gasteiger partial charge in [0.2, 0.25) is 5.91 Å². The Balaban J connectivity index is 1.54. The van der Waals surface area contributed by atoms with E-state index in [1.807, 2.05) is 54.6 Å². The number of nitrogens with zero attached hydrogens (tertiary/aromatic N) is 1. The first kappa shape index (κ1) is 15.1. The van der Waals surface area contributed by atoms with Gasteiger partial charge in [-0.2, -0.15) is 0 Å². The number of hydrogen-bond acceptors (Lipinski definition) is 2. The summed E-state index contributed by atoms with van der Waals surface area (Å²) in [7, 11) is 0. The molecule has 0 atom stereocenters. The highest BCUT2D eigenvalue weighted by atomic mass is 16.2. The first-order valence-corrected chi connectivity index (χ1v) is 7.72. The summed E-state index contributed by atoms with van der Waals surface area (Å²) in [6.07, 6.45) is 1.31. The molecule has 1 heterocycles. The minimum atomic E-state index is -0.269. The van der Waals surface area contributed by atoms with Gasteiger partial charge in [-0.3, -0.25) is 4.79 Å². The Kier molecular flexibility index (Phi) is 4.57. The lowest BCUT2D eigenvalue weighted by atomic mass is 10.0. The molecule has 2 N–H and O–H groups in total. The van der Waals surface area contributed by atoms with Crippen molar-refractivity contribution in [2.45, 2.75) is 12.8 Å². The average Bonchev–Trinajstić information content (AvgIpc) is 2.58. The van der Waals surface area contributed by atoms with Crippen LogP contribution in [0.4, 0.5) is 16.2 Å². The van der Waals surface area contributed by atoms with E-state index in [1.165, 1.54) is 5.56 Å². The van der Waals surface area contributed by atoms with Crippen molar-refractivity contribution in [3.63, 3.8) is 0 Å². The summed E-state index contributed by atoms with van der Waals surface area (Å²) in [6.45, 7) is 0.872. The Hall–Kier alpha value is -2.82. The number of para-hydroxylation sites is 2. The molecule has 0 saturated carbocycles. The highest BCUT2D eigenvalue weighted by Gasteiger charge is 2.23. The summed E-state index contributed by atoms with van der Waals surface area (Å²) >= 11 is 0. The van der Waals surface area contributed by atoms with Crippen molar-refractivity contribution in [3.8, 4) is 0 Å². The molecule has 118 valence electrons. The summed E-state index contributed by atoms with van der Waals surface area (Å²) in [5.41, 5.74) is 2.87. The summed E-state index contributed by atoms with van der Waals surface area (Å²) in [5, 5.41) is 5.54. The number of urea groups is 1. The number of carbonyl (C=O) groups is 2. The lowest BCUT2D eigenvalue weighted by Gasteiger charge is -2.29. The van der Waals surface area contributed by atoms with Crippen LogP contribution in [-0.2, 0) is 11.2 Å². The highest BCUT2D eigenvalue weighted by molar-refractivity contribution is 5.96. The minimum absolute atomic E-state index is 0.106. The Morgan fingerprint density at radius 1 is 1.00 bits per heavy atom. The normalized spacial score (nSPS) is 13.4. The van der Waals surface area contributed by atoms with Crippen molar-refractivity contribution < 1.29 is 9.59 Å². The zero-order valence-electron chi connectivity index (χ0n) is 12.8. The van der Waals surface area contributed by atoms with Crippen molar-refractivity contribution in [2.75, 3.05) is 23.3 Å². The second kappa shape index (κ2) is 6.96. The van der Waals surface area contributed by atoms with Crippen LogP contribution in [0, 0.1) is 0 Å². The summed E-state index contributed by atoms with van der Waals surface area (Å²) in [5.74, 6) is 0.106. The third-order valence-corrected chi connectivity index (χ3v) is 3.84. The zero-order valence-corrected chi connectivity index (χ0v) is 12.8. The molecule has 0 fully saturated rings. The van der Waals surface area contributed by atoms with E-state index >= 15 is 0 Å². The number of aryl methyl sites for hydroxylation is 1. The number of rotatable bonds is 4. The Bertz CT molecular complexity index is 700. The number of nitrogens with one attached hydrogen (secondary N) is 2. The predicted molar refractivity (Wildman–Crippen MR) is 90.6 cm³/mol. The summed E-state index contributed by atoms with van der Waals surface area (Å²) in [6, 6.07) is 16.9. The van der Waals surface area contributed by atoms with Crippen LogP contribution in [0.2, 0.25) is 0 Å². The van der Waals surface area contributed by atoms with Crippen molar-refractivity contribution in [1.82, 2.24) is 5.32 Å². The zero-order chi connectivity index (χ0) is 16.1. The van der Waals surface area contributed by atoms with Gasteiger partial charge in [0.15, 0.2) is 0 Å². The molecule has 5 heteroatoms. The van der Waals surface area contributed by atoms with Gasteiger partial charge in [0.25, 0.3) is 0 Å². The molecule has 5 nitrogen and oxygen atoms in total. The average molecular weight is 309 g/mol. The van der Waals surface area contributed by atoms with E-state index in [2.05, 4.69) is 10.6 Å². The smallest absolute Gasteiger partial charge is 0.319 e. The van der Waals surface area contributed by atoms with Gasteiger partial charge in [-0.25, -0.2) is 4.79 Å². The maximum atomic E-state index is 12.1. The van der Waals surface area contributed by atoms with E-state index in [1.54, 1.807) is 4.90 Å². The van der Waals surface area contributed by atoms with Gasteiger partial charge in [-0.05, 0) is 30.2 Å². The number of hydrogen-bond donors (Lipinski definition) is 2. The maximum absolute atomic E-state index is 12.1. The molecule has 0 saturated heterocycles. The van der Waals surface area contributed by atoms with E-state index in [4.69, 9.17) is 0 Å². The molecule has 0 aliphatic carbocycles. The largest absolute Gasteiger partial charge is 0.336 e. The van der Waals surface area contributed by atoms with Crippen molar-refractivity contribution in [2.24, 2.45) is 0 Å². The van der Waals surface area contributed by atoms with Crippen LogP contribution in [-0.4, -0.2) is 25.0 Å². The third kappa shape index (κ3) is 3.69. The van der Waals surface area contributed by atoms with Crippen LogP contribution in [0.25, 0.3) is 0 Å². The molecule has 1 aliphatic heterocycles. The monoisotopic (exact) mass is 309 g/mol. The van der Waals surface area contributed by atoms with Gasteiger partial charge < -0.3 is 15.5 Å². The summed E-state index contributed by atoms with van der Waals surface area (Å²) < 4.78 is 0. The van der Waals surface area contributed by atoms with Gasteiger partial charge in [-0.1, -0.05) is 36.4 Å². The van der Waals surface area contributed by atoms with Crippen LogP contribution in [0.15, 0.2) is 54.6 Å². The van der Waals surface area contributed by atoms with E-state index in [0.29, 0.717) is 19.5 Å². The molecule has 2 aromatic carbocycles. The second-order valence-corrected chi connectivity index (χ2v) is 5.42. The van der Waals surface area contributed by atoms with Crippen LogP contribution in [0.1, 0.15) is 12.0 Å². The lowest BCUT2D eigenvalue weighted by molar-refractivity contribution is -0.118. The van der Waals surface area contributed by atoms with E-state index in [-0.39, 0.29) is 11.9 Å². The number of carbonyl (C=O) groups excluding carboxylic acids is 2. The predicted octanol–water partition coefficient (Wildman–Crippen LogP) is 2.79. The highest BCUT2D eigenvalue weighted by Crippen LogP contribution is 2.26. The summed E-state index contributed by atoms with van der Waals surface area (Å²) in [4.78, 5) is 25.7. The van der Waals surface area contributed by atoms with Gasteiger partial charge in [0.05, 0.1) is 0 Å². The number of fused-ring (bicyclic) bond motifs is 1. The number of anilines is 2. The first-order chi connectivity index (χ1) is 11.2. The molecule has 0 spiro atoms. The van der Waals surface area contributed by atoms with Gasteiger partial charge in [0, 0.05) is 30.9 Å². The van der Waals surface area contributed by atoms with Crippen molar-refractivity contribution in [3.05, 3.63) is 60.2 Å². The van der Waals surface area contributed by atoms with E-state index in [9.17, 15) is 9.59 Å². The van der Waals surface area contributed by atoms with Crippen LogP contribution < -0.4 is 15.5 Å². The van der Waals surface area contributed by atoms with E-state index in [0.717, 1.165) is 17.8 Å². The molecular weight excluding hydrogens is 290 g/mol. The Labute approximate surface area is 135 Å². The maximum Gasteiger partial charge on any atom is 0.319 e. The SMILES string of the molecule is O=C(NCCN1C(=O)CCc2ccccc21)Nc1ccccc1. The molecule has 0 bridgehead atoms. The molecule has 0 radical (unpaired) electrons. The second-order valence-electron chi connectivity index (χ2n) is 5.42. The molecule has 0 unspecified atom stereocenters. The molecular formula is C18H19N3O2. The lowest BCUT2D eigenvalue weighted by Crippen LogP contribution is -2.42. The number of benzene rings is 2. The van der Waals surface area contributed by atoms with Gasteiger partial charge in [0.1, 0.15) is 0 Å². The van der Waals surface area contributed by atoms with Crippen molar-refractivity contribution >= 4 is 23.3 Å². The number of amides is 3. The fourth-order valence-electron chi connectivity index (χ4n) is 2.72. The molecule has 2 aromatic rings. The molecule has 1 aliphatic rings. The molecule has 3 amide bonds. The van der Waals surface area contributed by atoms with Crippen LogP contribution in [0.5, 0.6) is 0 Å². The van der Waals surface area contributed by atoms with Crippen LogP contribution in [0.3, 0.4) is 0 Å². The quantitative estimate of drug-likeness (QED) is 0.912. The molecule has 3 rings (SSSR count). The Morgan fingerprint density at radius 2 is 1.74 bits per heavy atom. The fraction of sp³-hybridized carbons (Fsp3) is 0.222. The first-order valence-electron chi connectivity index (χ1n) is 7.72. The van der Waals surface area contributed by atoms with Crippen molar-refractivity contribution in [1.29, 1.82) is 0 Å². The fourth-order valence-corrected chi connectivity index (χ4v) is 2.72. The molecule has 23 heavy (non-hydrogen) atoms. The van der Waals surface area contributed by atoms with E-state index < -0.39 is 0 Å². The van der Waals surface area contributed by atoms with Crippen LogP contribution >= 0.6 is 0 Å². The van der Waals surface area contributed by atoms with Gasteiger partial charge >= 0.3 is 6.03 Å². The standard InChI is InChI=1S/C18H19N3O2/c22-17-11-10-14-6-4-5-9-16(14)21(17)13-12-19-18(23)20-15-7-2-1-3-8-15/h1-9H,10-13H2,(H2,19,20,23). The Morgan fingerprint density at radius 3 is 2.57 bits per heavy atom. The minimum Gasteiger partial charge on any atom is -0.336 e. The van der Waals surface area contributed by atoms with Gasteiger partial charge in [-0.15, -0.1) is 0 Å². The molecule has 0 aromatic heterocycles. The third-order valence-electron chi connectivity index (χ3n) is 3.84. The topological polar surface area (TPSA) is 61.4 Å².